The van der Waals surface area contributed by atoms with Crippen molar-refractivity contribution in [1.29, 1.82) is 0 Å². The maximum Gasteiger partial charge on any atom is 0.130 e. The molecule has 0 aliphatic rings. The highest BCUT2D eigenvalue weighted by molar-refractivity contribution is 5.57. The van der Waals surface area contributed by atoms with Crippen LogP contribution in [0, 0.1) is 6.92 Å². The second-order valence-electron chi connectivity index (χ2n) is 5.15. The van der Waals surface area contributed by atoms with Gasteiger partial charge in [-0.2, -0.15) is 0 Å². The Labute approximate surface area is 115 Å². The van der Waals surface area contributed by atoms with Crippen molar-refractivity contribution < 1.29 is 0 Å². The first-order valence-electron chi connectivity index (χ1n) is 6.04. The molecule has 3 nitrogen and oxygen atoms in total. The number of hydrogen-bond donors (Lipinski definition) is 2. The Balaban J connectivity index is 0.00000180. The van der Waals surface area contributed by atoms with Crippen molar-refractivity contribution in [2.24, 2.45) is 5.73 Å². The van der Waals surface area contributed by atoms with Crippen molar-refractivity contribution in [2.75, 3.05) is 5.32 Å². The largest absolute Gasteiger partial charge is 0.340 e. The molecule has 0 saturated carbocycles. The topological polar surface area (TPSA) is 50.9 Å². The number of nitrogens with two attached hydrogens (primary N) is 1. The zero-order chi connectivity index (χ0) is 13.2. The number of aryl methyl sites for hydroxylation is 1. The molecule has 0 aliphatic carbocycles. The smallest absolute Gasteiger partial charge is 0.130 e. The van der Waals surface area contributed by atoms with E-state index in [2.05, 4.69) is 16.4 Å². The van der Waals surface area contributed by atoms with E-state index in [0.29, 0.717) is 0 Å². The van der Waals surface area contributed by atoms with Gasteiger partial charge < -0.3 is 11.1 Å². The summed E-state index contributed by atoms with van der Waals surface area (Å²) in [6.07, 6.45) is 1.80. The molecule has 19 heavy (non-hydrogen) atoms. The summed E-state index contributed by atoms with van der Waals surface area (Å²) in [6, 6.07) is 12.1. The van der Waals surface area contributed by atoms with Gasteiger partial charge in [-0.15, -0.1) is 0 Å². The van der Waals surface area contributed by atoms with Crippen molar-refractivity contribution in [3.05, 3.63) is 53.7 Å². The van der Waals surface area contributed by atoms with E-state index in [-0.39, 0.29) is 13.0 Å². The van der Waals surface area contributed by atoms with Gasteiger partial charge >= 0.3 is 0 Å². The van der Waals surface area contributed by atoms with Gasteiger partial charge in [0.1, 0.15) is 5.82 Å². The lowest BCUT2D eigenvalue weighted by Gasteiger charge is -2.20. The van der Waals surface area contributed by atoms with Crippen LogP contribution in [0.1, 0.15) is 32.4 Å². The molecule has 2 rings (SSSR count). The van der Waals surface area contributed by atoms with Crippen LogP contribution in [-0.2, 0) is 5.54 Å². The van der Waals surface area contributed by atoms with Gasteiger partial charge in [0.15, 0.2) is 0 Å². The Morgan fingerprint density at radius 3 is 2.53 bits per heavy atom. The number of benzene rings is 1. The van der Waals surface area contributed by atoms with Gasteiger partial charge in [-0.25, -0.2) is 4.98 Å². The van der Waals surface area contributed by atoms with E-state index in [1.807, 2.05) is 51.1 Å². The Hall–Kier alpha value is -1.87. The molecule has 3 N–H and O–H groups in total. The van der Waals surface area contributed by atoms with E-state index in [4.69, 9.17) is 5.73 Å². The van der Waals surface area contributed by atoms with Gasteiger partial charge in [-0.1, -0.05) is 19.6 Å². The molecular weight excluding hydrogens is 234 g/mol. The minimum absolute atomic E-state index is 0. The zero-order valence-corrected chi connectivity index (χ0v) is 11.1. The second-order valence-corrected chi connectivity index (χ2v) is 5.15. The average Bonchev–Trinajstić information content (AvgIpc) is 2.28. The fraction of sp³-hybridized carbons (Fsp3) is 0.312. The molecule has 0 unspecified atom stereocenters. The summed E-state index contributed by atoms with van der Waals surface area (Å²) in [5.41, 5.74) is 9.05. The highest BCUT2D eigenvalue weighted by Crippen LogP contribution is 2.22. The number of hydrogen-bond acceptors (Lipinski definition) is 3. The van der Waals surface area contributed by atoms with Gasteiger partial charge in [0.05, 0.1) is 0 Å². The molecule has 102 valence electrons. The molecule has 0 spiro atoms. The van der Waals surface area contributed by atoms with Crippen LogP contribution in [-0.4, -0.2) is 4.98 Å². The molecule has 3 heteroatoms. The third-order valence-electron chi connectivity index (χ3n) is 2.79. The Kier molecular flexibility index (Phi) is 4.67. The number of nitrogens with one attached hydrogen (secondary N) is 1. The molecule has 0 fully saturated rings. The second kappa shape index (κ2) is 5.85. The van der Waals surface area contributed by atoms with Crippen LogP contribution in [0.3, 0.4) is 0 Å². The first kappa shape index (κ1) is 15.2. The lowest BCUT2D eigenvalue weighted by molar-refractivity contribution is 0.555. The standard InChI is InChI=1S/C15H19N3.CH4/c1-11-7-8-17-14(9-11)18-13-6-4-5-12(10-13)15(2,3)16;/h4-10H,16H2,1-3H3,(H,17,18);1H4. The maximum absolute atomic E-state index is 6.10. The van der Waals surface area contributed by atoms with Crippen molar-refractivity contribution >= 4 is 11.5 Å². The fourth-order valence-corrected chi connectivity index (χ4v) is 1.75. The van der Waals surface area contributed by atoms with E-state index in [0.717, 1.165) is 17.1 Å². The van der Waals surface area contributed by atoms with E-state index >= 15 is 0 Å². The van der Waals surface area contributed by atoms with E-state index in [1.165, 1.54) is 5.56 Å². The number of anilines is 2. The predicted octanol–water partition coefficient (Wildman–Crippen LogP) is 3.96. The van der Waals surface area contributed by atoms with Crippen LogP contribution in [0.4, 0.5) is 11.5 Å². The summed E-state index contributed by atoms with van der Waals surface area (Å²) in [6.45, 7) is 6.04. The normalized spacial score (nSPS) is 10.7. The van der Waals surface area contributed by atoms with Gasteiger partial charge in [-0.3, -0.25) is 0 Å². The predicted molar refractivity (Wildman–Crippen MR) is 82.6 cm³/mol. The zero-order valence-electron chi connectivity index (χ0n) is 11.1. The minimum Gasteiger partial charge on any atom is -0.340 e. The highest BCUT2D eigenvalue weighted by atomic mass is 15.0. The van der Waals surface area contributed by atoms with Gasteiger partial charge in [-0.05, 0) is 56.2 Å². The van der Waals surface area contributed by atoms with Crippen molar-refractivity contribution in [3.8, 4) is 0 Å². The van der Waals surface area contributed by atoms with Crippen LogP contribution in [0.2, 0.25) is 0 Å². The maximum atomic E-state index is 6.10. The molecule has 0 amide bonds. The van der Waals surface area contributed by atoms with Gasteiger partial charge in [0.25, 0.3) is 0 Å². The monoisotopic (exact) mass is 257 g/mol. The molecule has 0 bridgehead atoms. The molecule has 1 aromatic carbocycles. The Morgan fingerprint density at radius 1 is 1.16 bits per heavy atom. The highest BCUT2D eigenvalue weighted by Gasteiger charge is 2.13. The molecule has 0 saturated heterocycles. The summed E-state index contributed by atoms with van der Waals surface area (Å²) < 4.78 is 0. The van der Waals surface area contributed by atoms with Gasteiger partial charge in [0.2, 0.25) is 0 Å². The van der Waals surface area contributed by atoms with Crippen LogP contribution < -0.4 is 11.1 Å². The molecule has 1 aromatic heterocycles. The first-order valence-corrected chi connectivity index (χ1v) is 6.04. The summed E-state index contributed by atoms with van der Waals surface area (Å²) in [5, 5.41) is 3.29. The third kappa shape index (κ3) is 4.07. The Morgan fingerprint density at radius 2 is 1.89 bits per heavy atom. The Bertz CT molecular complexity index is 542. The molecule has 2 aromatic rings. The lowest BCUT2D eigenvalue weighted by atomic mass is 9.95. The van der Waals surface area contributed by atoms with Crippen LogP contribution in [0.5, 0.6) is 0 Å². The van der Waals surface area contributed by atoms with Crippen LogP contribution in [0.15, 0.2) is 42.6 Å². The quantitative estimate of drug-likeness (QED) is 0.875. The minimum atomic E-state index is -0.336. The summed E-state index contributed by atoms with van der Waals surface area (Å²) >= 11 is 0. The van der Waals surface area contributed by atoms with E-state index in [9.17, 15) is 0 Å². The number of rotatable bonds is 3. The van der Waals surface area contributed by atoms with Crippen molar-refractivity contribution in [2.45, 2.75) is 33.7 Å². The van der Waals surface area contributed by atoms with Crippen molar-refractivity contribution in [1.82, 2.24) is 4.98 Å². The summed E-state index contributed by atoms with van der Waals surface area (Å²) in [5.74, 6) is 0.849. The van der Waals surface area contributed by atoms with Crippen molar-refractivity contribution in [3.63, 3.8) is 0 Å². The number of nitrogens with zero attached hydrogens (tertiary/aromatic N) is 1. The molecular formula is C16H23N3. The SMILES string of the molecule is C.Cc1ccnc(Nc2cccc(C(C)(C)N)c2)c1. The van der Waals surface area contributed by atoms with E-state index in [1.54, 1.807) is 6.20 Å². The summed E-state index contributed by atoms with van der Waals surface area (Å²) in [4.78, 5) is 4.28. The van der Waals surface area contributed by atoms with Crippen LogP contribution >= 0.6 is 0 Å². The fourth-order valence-electron chi connectivity index (χ4n) is 1.75. The first-order chi connectivity index (χ1) is 8.45. The number of pyridine rings is 1. The van der Waals surface area contributed by atoms with Gasteiger partial charge in [0, 0.05) is 17.4 Å². The number of aromatic nitrogens is 1. The van der Waals surface area contributed by atoms with Crippen LogP contribution in [0.25, 0.3) is 0 Å². The molecule has 1 heterocycles. The summed E-state index contributed by atoms with van der Waals surface area (Å²) in [7, 11) is 0. The molecule has 0 aliphatic heterocycles. The molecule has 0 atom stereocenters. The third-order valence-corrected chi connectivity index (χ3v) is 2.79. The average molecular weight is 257 g/mol. The molecule has 0 radical (unpaired) electrons. The lowest BCUT2D eigenvalue weighted by Crippen LogP contribution is -2.28. The van der Waals surface area contributed by atoms with E-state index < -0.39 is 0 Å².